The summed E-state index contributed by atoms with van der Waals surface area (Å²) in [6.45, 7) is 3.95. The molecule has 0 aliphatic carbocycles. The van der Waals surface area contributed by atoms with Gasteiger partial charge in [-0.3, -0.25) is 9.78 Å². The smallest absolute Gasteiger partial charge is 0.259 e. The van der Waals surface area contributed by atoms with Crippen LogP contribution in [0.25, 0.3) is 23.0 Å². The summed E-state index contributed by atoms with van der Waals surface area (Å²) in [5.74, 6) is 1.33. The fourth-order valence-electron chi connectivity index (χ4n) is 2.98. The van der Waals surface area contributed by atoms with Crippen molar-refractivity contribution in [2.75, 3.05) is 0 Å². The molecule has 0 fully saturated rings. The summed E-state index contributed by atoms with van der Waals surface area (Å²) in [7, 11) is 0. The van der Waals surface area contributed by atoms with Gasteiger partial charge in [0.1, 0.15) is 18.1 Å². The summed E-state index contributed by atoms with van der Waals surface area (Å²) in [6.07, 6.45) is 5.08. The van der Waals surface area contributed by atoms with Gasteiger partial charge in [-0.05, 0) is 31.5 Å². The largest absolute Gasteiger partial charge is 0.348 e. The Bertz CT molecular complexity index is 1100. The zero-order chi connectivity index (χ0) is 20.2. The van der Waals surface area contributed by atoms with Crippen molar-refractivity contribution in [2.24, 2.45) is 0 Å². The number of aromatic nitrogens is 5. The fourth-order valence-corrected chi connectivity index (χ4v) is 2.98. The summed E-state index contributed by atoms with van der Waals surface area (Å²) < 4.78 is 7.07. The number of amides is 1. The zero-order valence-electron chi connectivity index (χ0n) is 16.1. The molecule has 0 saturated heterocycles. The van der Waals surface area contributed by atoms with E-state index in [-0.39, 0.29) is 18.5 Å². The molecular weight excluding hydrogens is 368 g/mol. The second kappa shape index (κ2) is 8.05. The van der Waals surface area contributed by atoms with E-state index in [0.717, 1.165) is 11.1 Å². The Morgan fingerprint density at radius 3 is 2.76 bits per heavy atom. The maximum atomic E-state index is 12.5. The van der Waals surface area contributed by atoms with Crippen molar-refractivity contribution in [1.29, 1.82) is 0 Å². The van der Waals surface area contributed by atoms with E-state index < -0.39 is 0 Å². The maximum Gasteiger partial charge on any atom is 0.259 e. The van der Waals surface area contributed by atoms with E-state index >= 15 is 0 Å². The molecule has 1 N–H and O–H groups in total. The van der Waals surface area contributed by atoms with E-state index in [9.17, 15) is 4.79 Å². The van der Waals surface area contributed by atoms with Crippen LogP contribution in [0.15, 0.2) is 65.6 Å². The number of pyridine rings is 1. The van der Waals surface area contributed by atoms with Crippen LogP contribution in [-0.2, 0) is 11.3 Å². The van der Waals surface area contributed by atoms with Crippen molar-refractivity contribution >= 4 is 5.91 Å². The van der Waals surface area contributed by atoms with Crippen LogP contribution in [-0.4, -0.2) is 30.6 Å². The first-order valence-corrected chi connectivity index (χ1v) is 9.22. The number of nitrogens with one attached hydrogen (secondary N) is 1. The summed E-state index contributed by atoms with van der Waals surface area (Å²) >= 11 is 0. The highest BCUT2D eigenvalue weighted by Crippen LogP contribution is 2.21. The van der Waals surface area contributed by atoms with Gasteiger partial charge in [0, 0.05) is 18.6 Å². The summed E-state index contributed by atoms with van der Waals surface area (Å²) in [5, 5.41) is 7.00. The Kier molecular flexibility index (Phi) is 5.15. The zero-order valence-corrected chi connectivity index (χ0v) is 16.1. The summed E-state index contributed by atoms with van der Waals surface area (Å²) in [5.41, 5.74) is 2.33. The number of imidazole rings is 1. The Balaban J connectivity index is 1.46. The molecule has 146 valence electrons. The SMILES string of the molecule is Cc1nc(-c2noc(-c3cccnc3)n2)cn1CC(=O)NC(C)c1ccccc1. The third-order valence-corrected chi connectivity index (χ3v) is 4.53. The van der Waals surface area contributed by atoms with E-state index in [1.54, 1.807) is 29.2 Å². The molecule has 4 rings (SSSR count). The molecule has 0 aliphatic rings. The first-order valence-electron chi connectivity index (χ1n) is 9.22. The van der Waals surface area contributed by atoms with Gasteiger partial charge in [-0.25, -0.2) is 4.98 Å². The Morgan fingerprint density at radius 1 is 1.17 bits per heavy atom. The van der Waals surface area contributed by atoms with Gasteiger partial charge < -0.3 is 14.4 Å². The molecule has 3 heterocycles. The lowest BCUT2D eigenvalue weighted by Gasteiger charge is -2.14. The molecule has 0 saturated carbocycles. The normalized spacial score (nSPS) is 11.9. The first-order chi connectivity index (χ1) is 14.1. The third kappa shape index (κ3) is 4.21. The molecule has 29 heavy (non-hydrogen) atoms. The molecule has 8 nitrogen and oxygen atoms in total. The minimum absolute atomic E-state index is 0.0776. The first kappa shape index (κ1) is 18.5. The molecule has 0 bridgehead atoms. The minimum atomic E-state index is -0.0995. The van der Waals surface area contributed by atoms with Crippen molar-refractivity contribution in [3.63, 3.8) is 0 Å². The van der Waals surface area contributed by atoms with Gasteiger partial charge in [0.15, 0.2) is 0 Å². The number of hydrogen-bond donors (Lipinski definition) is 1. The van der Waals surface area contributed by atoms with E-state index in [2.05, 4.69) is 25.4 Å². The number of rotatable bonds is 6. The highest BCUT2D eigenvalue weighted by molar-refractivity contribution is 5.76. The predicted molar refractivity (Wildman–Crippen MR) is 106 cm³/mol. The average molecular weight is 388 g/mol. The highest BCUT2D eigenvalue weighted by Gasteiger charge is 2.16. The van der Waals surface area contributed by atoms with Gasteiger partial charge in [-0.1, -0.05) is 35.5 Å². The molecule has 4 aromatic rings. The van der Waals surface area contributed by atoms with Crippen molar-refractivity contribution in [2.45, 2.75) is 26.4 Å². The van der Waals surface area contributed by atoms with Crippen molar-refractivity contribution in [3.8, 4) is 23.0 Å². The van der Waals surface area contributed by atoms with Crippen LogP contribution in [0.4, 0.5) is 0 Å². The van der Waals surface area contributed by atoms with Crippen molar-refractivity contribution in [1.82, 2.24) is 30.0 Å². The highest BCUT2D eigenvalue weighted by atomic mass is 16.5. The van der Waals surface area contributed by atoms with Crippen LogP contribution in [0.5, 0.6) is 0 Å². The van der Waals surface area contributed by atoms with Gasteiger partial charge in [-0.15, -0.1) is 0 Å². The summed E-state index contributed by atoms with van der Waals surface area (Å²) in [6, 6.07) is 13.4. The standard InChI is InChI=1S/C21H20N6O2/c1-14(16-7-4-3-5-8-16)23-19(28)13-27-12-18(24-15(27)2)20-25-21(29-26-20)17-9-6-10-22-11-17/h3-12,14H,13H2,1-2H3,(H,23,28). The van der Waals surface area contributed by atoms with Gasteiger partial charge >= 0.3 is 0 Å². The van der Waals surface area contributed by atoms with E-state index in [0.29, 0.717) is 23.2 Å². The van der Waals surface area contributed by atoms with Crippen LogP contribution in [0.3, 0.4) is 0 Å². The van der Waals surface area contributed by atoms with Gasteiger partial charge in [0.05, 0.1) is 11.6 Å². The second-order valence-electron chi connectivity index (χ2n) is 6.67. The van der Waals surface area contributed by atoms with Crippen LogP contribution in [0, 0.1) is 6.92 Å². The summed E-state index contributed by atoms with van der Waals surface area (Å²) in [4.78, 5) is 25.4. The average Bonchev–Trinajstić information content (AvgIpc) is 3.37. The van der Waals surface area contributed by atoms with E-state index in [1.807, 2.05) is 50.2 Å². The van der Waals surface area contributed by atoms with Crippen molar-refractivity contribution in [3.05, 3.63) is 72.4 Å². The van der Waals surface area contributed by atoms with Crippen molar-refractivity contribution < 1.29 is 9.32 Å². The maximum absolute atomic E-state index is 12.5. The van der Waals surface area contributed by atoms with E-state index in [4.69, 9.17) is 4.52 Å². The monoisotopic (exact) mass is 388 g/mol. The molecule has 1 unspecified atom stereocenters. The number of carbonyl (C=O) groups excluding carboxylic acids is 1. The quantitative estimate of drug-likeness (QED) is 0.545. The number of carbonyl (C=O) groups is 1. The number of aryl methyl sites for hydroxylation is 1. The Labute approximate surface area is 167 Å². The molecule has 8 heteroatoms. The third-order valence-electron chi connectivity index (χ3n) is 4.53. The molecule has 0 radical (unpaired) electrons. The molecule has 0 spiro atoms. The molecule has 1 amide bonds. The second-order valence-corrected chi connectivity index (χ2v) is 6.67. The Hall–Kier alpha value is -3.81. The lowest BCUT2D eigenvalue weighted by molar-refractivity contribution is -0.122. The van der Waals surface area contributed by atoms with Crippen LogP contribution >= 0.6 is 0 Å². The molecule has 0 aliphatic heterocycles. The van der Waals surface area contributed by atoms with Gasteiger partial charge in [-0.2, -0.15) is 4.98 Å². The minimum Gasteiger partial charge on any atom is -0.348 e. The van der Waals surface area contributed by atoms with Crippen LogP contribution in [0.2, 0.25) is 0 Å². The molecule has 1 aromatic carbocycles. The molecule has 3 aromatic heterocycles. The lowest BCUT2D eigenvalue weighted by atomic mass is 10.1. The lowest BCUT2D eigenvalue weighted by Crippen LogP contribution is -2.30. The molecular formula is C21H20N6O2. The van der Waals surface area contributed by atoms with Crippen LogP contribution in [0.1, 0.15) is 24.4 Å². The number of hydrogen-bond acceptors (Lipinski definition) is 6. The van der Waals surface area contributed by atoms with Gasteiger partial charge in [0.2, 0.25) is 11.7 Å². The topological polar surface area (TPSA) is 98.7 Å². The van der Waals surface area contributed by atoms with Gasteiger partial charge in [0.25, 0.3) is 5.89 Å². The Morgan fingerprint density at radius 2 is 2.00 bits per heavy atom. The fraction of sp³-hybridized carbons (Fsp3) is 0.190. The van der Waals surface area contributed by atoms with Crippen LogP contribution < -0.4 is 5.32 Å². The number of nitrogens with zero attached hydrogens (tertiary/aromatic N) is 5. The van der Waals surface area contributed by atoms with E-state index in [1.165, 1.54) is 0 Å². The predicted octanol–water partition coefficient (Wildman–Crippen LogP) is 3.18. The number of benzene rings is 1. The molecule has 1 atom stereocenters.